The fraction of sp³-hybridized carbons (Fsp3) is 0.500. The van der Waals surface area contributed by atoms with Gasteiger partial charge in [-0.2, -0.15) is 0 Å². The third-order valence-electron chi connectivity index (χ3n) is 2.88. The first-order chi connectivity index (χ1) is 8.36. The second kappa shape index (κ2) is 6.05. The number of rotatable bonds is 5. The molecule has 0 saturated carbocycles. The third-order valence-corrected chi connectivity index (χ3v) is 2.88. The van der Waals surface area contributed by atoms with Crippen LogP contribution < -0.4 is 15.9 Å². The highest BCUT2D eigenvalue weighted by Gasteiger charge is 2.23. The summed E-state index contributed by atoms with van der Waals surface area (Å²) in [6.45, 7) is 1.85. The van der Waals surface area contributed by atoms with Gasteiger partial charge in [-0.15, -0.1) is 0 Å². The minimum Gasteiger partial charge on any atom is -0.494 e. The van der Waals surface area contributed by atoms with Gasteiger partial charge in [0.05, 0.1) is 6.61 Å². The van der Waals surface area contributed by atoms with Crippen LogP contribution in [0.2, 0.25) is 0 Å². The van der Waals surface area contributed by atoms with Crippen LogP contribution in [0.3, 0.4) is 0 Å². The Morgan fingerprint density at radius 2 is 2.41 bits per heavy atom. The molecule has 17 heavy (non-hydrogen) atoms. The zero-order valence-electron chi connectivity index (χ0n) is 9.76. The molecule has 0 amide bonds. The average Bonchev–Trinajstić information content (AvgIpc) is 2.38. The van der Waals surface area contributed by atoms with E-state index in [1.807, 2.05) is 12.1 Å². The molecule has 0 fully saturated rings. The second-order valence-corrected chi connectivity index (χ2v) is 4.07. The predicted molar refractivity (Wildman–Crippen MR) is 66.8 cm³/mol. The van der Waals surface area contributed by atoms with Crippen molar-refractivity contribution in [3.63, 3.8) is 0 Å². The monoisotopic (exact) mass is 234 g/mol. The van der Waals surface area contributed by atoms with Crippen molar-refractivity contribution in [2.45, 2.75) is 12.3 Å². The van der Waals surface area contributed by atoms with Crippen molar-refractivity contribution in [2.75, 3.05) is 26.4 Å². The van der Waals surface area contributed by atoms with Gasteiger partial charge in [0.1, 0.15) is 5.75 Å². The van der Waals surface area contributed by atoms with Gasteiger partial charge in [0.15, 0.2) is 0 Å². The molecule has 3 N–H and O–H groups in total. The molecule has 1 aliphatic heterocycles. The van der Waals surface area contributed by atoms with Crippen LogP contribution in [-0.4, -0.2) is 39.0 Å². The Morgan fingerprint density at radius 3 is 3.18 bits per heavy atom. The maximum atomic E-state index is 8.73. The molecule has 5 heteroatoms. The topological polar surface area (TPSA) is 64.7 Å². The molecular formula is C12H17BNO3. The maximum absolute atomic E-state index is 8.73. The molecule has 1 aromatic carbocycles. The quantitative estimate of drug-likeness (QED) is 0.545. The van der Waals surface area contributed by atoms with E-state index in [0.717, 1.165) is 11.2 Å². The van der Waals surface area contributed by atoms with Gasteiger partial charge in [-0.25, -0.2) is 0 Å². The molecule has 0 unspecified atom stereocenters. The van der Waals surface area contributed by atoms with Gasteiger partial charge in [0, 0.05) is 32.1 Å². The predicted octanol–water partition coefficient (Wildman–Crippen LogP) is -0.235. The summed E-state index contributed by atoms with van der Waals surface area (Å²) in [5.74, 6) is 1.03. The van der Waals surface area contributed by atoms with Gasteiger partial charge >= 0.3 is 7.48 Å². The number of benzene rings is 1. The molecule has 1 heterocycles. The number of nitrogens with two attached hydrogens (primary N) is 1. The zero-order valence-corrected chi connectivity index (χ0v) is 9.76. The highest BCUT2D eigenvalue weighted by molar-refractivity contribution is 6.49. The molecule has 0 aliphatic carbocycles. The molecule has 1 aromatic rings. The Labute approximate surface area is 102 Å². The summed E-state index contributed by atoms with van der Waals surface area (Å²) in [4.78, 5) is 0. The van der Waals surface area contributed by atoms with Crippen LogP contribution >= 0.6 is 0 Å². The van der Waals surface area contributed by atoms with Crippen molar-refractivity contribution >= 4 is 12.9 Å². The van der Waals surface area contributed by atoms with Crippen LogP contribution in [0.5, 0.6) is 5.75 Å². The smallest absolute Gasteiger partial charge is 0.334 e. The average molecular weight is 234 g/mol. The van der Waals surface area contributed by atoms with Gasteiger partial charge in [-0.1, -0.05) is 12.1 Å². The lowest BCUT2D eigenvalue weighted by molar-refractivity contribution is 0.233. The van der Waals surface area contributed by atoms with Gasteiger partial charge in [0.25, 0.3) is 0 Å². The van der Waals surface area contributed by atoms with Crippen LogP contribution in [0, 0.1) is 0 Å². The van der Waals surface area contributed by atoms with Gasteiger partial charge < -0.3 is 20.2 Å². The Balaban J connectivity index is 2.17. The first-order valence-corrected chi connectivity index (χ1v) is 5.88. The van der Waals surface area contributed by atoms with Crippen LogP contribution in [0.15, 0.2) is 18.2 Å². The van der Waals surface area contributed by atoms with Crippen LogP contribution in [-0.2, 0) is 4.65 Å². The lowest BCUT2D eigenvalue weighted by atomic mass is 9.76. The maximum Gasteiger partial charge on any atom is 0.334 e. The standard InChI is InChI=1S/C12H17BNO3/c14-7-9-8-17-13-12-10(9)3-1-4-11(12)16-6-2-5-15/h1,3-4,9,15H,2,5-8,14H2/t9-/m0/s1. The minimum absolute atomic E-state index is 0.140. The summed E-state index contributed by atoms with van der Waals surface area (Å²) < 4.78 is 11.0. The molecule has 4 nitrogen and oxygen atoms in total. The Hall–Kier alpha value is -1.04. The fourth-order valence-corrected chi connectivity index (χ4v) is 1.95. The normalized spacial score (nSPS) is 18.4. The number of aliphatic hydroxyl groups excluding tert-OH is 1. The summed E-state index contributed by atoms with van der Waals surface area (Å²) in [7, 11) is 1.73. The number of aliphatic hydroxyl groups is 1. The first kappa shape index (κ1) is 12.4. The lowest BCUT2D eigenvalue weighted by Crippen LogP contribution is -2.36. The van der Waals surface area contributed by atoms with E-state index in [1.165, 1.54) is 5.56 Å². The van der Waals surface area contributed by atoms with Gasteiger partial charge in [-0.05, 0) is 17.1 Å². The van der Waals surface area contributed by atoms with E-state index in [0.29, 0.717) is 26.2 Å². The largest absolute Gasteiger partial charge is 0.494 e. The van der Waals surface area contributed by atoms with Crippen molar-refractivity contribution in [2.24, 2.45) is 5.73 Å². The number of ether oxygens (including phenoxy) is 1. The Kier molecular flexibility index (Phi) is 4.42. The van der Waals surface area contributed by atoms with Crippen molar-refractivity contribution in [1.82, 2.24) is 0 Å². The Morgan fingerprint density at radius 1 is 1.53 bits per heavy atom. The number of fused-ring (bicyclic) bond motifs is 1. The lowest BCUT2D eigenvalue weighted by Gasteiger charge is -2.25. The second-order valence-electron chi connectivity index (χ2n) is 4.07. The molecule has 1 atom stereocenters. The van der Waals surface area contributed by atoms with E-state index in [9.17, 15) is 0 Å². The van der Waals surface area contributed by atoms with Gasteiger partial charge in [0.2, 0.25) is 0 Å². The summed E-state index contributed by atoms with van der Waals surface area (Å²) in [5.41, 5.74) is 7.88. The van der Waals surface area contributed by atoms with E-state index in [2.05, 4.69) is 6.07 Å². The molecule has 0 saturated heterocycles. The van der Waals surface area contributed by atoms with Crippen molar-refractivity contribution in [3.8, 4) is 5.75 Å². The number of hydrogen-bond donors (Lipinski definition) is 2. The summed E-state index contributed by atoms with van der Waals surface area (Å²) in [5, 5.41) is 8.73. The van der Waals surface area contributed by atoms with E-state index in [4.69, 9.17) is 20.2 Å². The van der Waals surface area contributed by atoms with E-state index < -0.39 is 0 Å². The first-order valence-electron chi connectivity index (χ1n) is 5.88. The molecule has 0 spiro atoms. The van der Waals surface area contributed by atoms with Crippen molar-refractivity contribution in [1.29, 1.82) is 0 Å². The van der Waals surface area contributed by atoms with Crippen molar-refractivity contribution in [3.05, 3.63) is 23.8 Å². The fourth-order valence-electron chi connectivity index (χ4n) is 1.95. The highest BCUT2D eigenvalue weighted by atomic mass is 16.5. The van der Waals surface area contributed by atoms with E-state index in [-0.39, 0.29) is 12.5 Å². The molecule has 0 bridgehead atoms. The van der Waals surface area contributed by atoms with E-state index >= 15 is 0 Å². The SMILES string of the molecule is NC[C@H]1CO[B]c2c(OCCCO)cccc21. The van der Waals surface area contributed by atoms with E-state index in [1.54, 1.807) is 7.48 Å². The zero-order chi connectivity index (χ0) is 12.1. The molecule has 2 rings (SSSR count). The third kappa shape index (κ3) is 2.80. The molecular weight excluding hydrogens is 217 g/mol. The molecule has 1 radical (unpaired) electrons. The summed E-state index contributed by atoms with van der Waals surface area (Å²) in [6, 6.07) is 5.94. The van der Waals surface area contributed by atoms with Crippen LogP contribution in [0.1, 0.15) is 17.9 Å². The highest BCUT2D eigenvalue weighted by Crippen LogP contribution is 2.21. The molecule has 91 valence electrons. The van der Waals surface area contributed by atoms with Crippen molar-refractivity contribution < 1.29 is 14.5 Å². The Bertz CT molecular complexity index is 373. The minimum atomic E-state index is 0.140. The van der Waals surface area contributed by atoms with Gasteiger partial charge in [-0.3, -0.25) is 0 Å². The molecule has 0 aromatic heterocycles. The summed E-state index contributed by atoms with van der Waals surface area (Å²) >= 11 is 0. The van der Waals surface area contributed by atoms with Crippen LogP contribution in [0.4, 0.5) is 0 Å². The summed E-state index contributed by atoms with van der Waals surface area (Å²) in [6.07, 6.45) is 0.630. The van der Waals surface area contributed by atoms with Crippen LogP contribution in [0.25, 0.3) is 0 Å². The number of hydrogen-bond acceptors (Lipinski definition) is 4. The molecule has 1 aliphatic rings.